The summed E-state index contributed by atoms with van der Waals surface area (Å²) in [6.07, 6.45) is 88.9. The Kier molecular flexibility index (Phi) is 59.4. The summed E-state index contributed by atoms with van der Waals surface area (Å²) in [6.45, 7) is 6.42. The lowest BCUT2D eigenvalue weighted by Crippen LogP contribution is -2.30. The van der Waals surface area contributed by atoms with Gasteiger partial charge >= 0.3 is 17.9 Å². The summed E-state index contributed by atoms with van der Waals surface area (Å²) in [5.74, 6) is -0.926. The average molecular weight is 1050 g/mol. The molecule has 0 bridgehead atoms. The molecule has 0 saturated heterocycles. The Morgan fingerprint density at radius 2 is 0.513 bits per heavy atom. The second-order valence-electron chi connectivity index (χ2n) is 20.2. The van der Waals surface area contributed by atoms with Crippen LogP contribution in [0.1, 0.15) is 271 Å². The molecule has 0 aromatic carbocycles. The Balaban J connectivity index is 4.24. The molecule has 0 aliphatic heterocycles. The van der Waals surface area contributed by atoms with E-state index in [1.165, 1.54) is 77.0 Å². The van der Waals surface area contributed by atoms with Gasteiger partial charge in [-0.25, -0.2) is 0 Å². The number of hydrogen-bond acceptors (Lipinski definition) is 6. The van der Waals surface area contributed by atoms with Gasteiger partial charge < -0.3 is 14.2 Å². The molecule has 0 aliphatic rings. The molecule has 0 heterocycles. The fraction of sp³-hybridized carbons (Fsp3) is 0.643. The van der Waals surface area contributed by atoms with Crippen LogP contribution >= 0.6 is 0 Å². The van der Waals surface area contributed by atoms with Crippen molar-refractivity contribution in [1.82, 2.24) is 0 Å². The van der Waals surface area contributed by atoms with Gasteiger partial charge in [0.2, 0.25) is 0 Å². The minimum absolute atomic E-state index is 0.0930. The van der Waals surface area contributed by atoms with Crippen LogP contribution in [0.15, 0.2) is 134 Å². The fourth-order valence-electron chi connectivity index (χ4n) is 8.16. The van der Waals surface area contributed by atoms with Gasteiger partial charge in [0, 0.05) is 19.3 Å². The van der Waals surface area contributed by atoms with Crippen LogP contribution in [0, 0.1) is 0 Å². The quantitative estimate of drug-likeness (QED) is 0.0261. The topological polar surface area (TPSA) is 78.9 Å². The number of esters is 3. The van der Waals surface area contributed by atoms with E-state index in [0.717, 1.165) is 154 Å². The third kappa shape index (κ3) is 60.4. The van der Waals surface area contributed by atoms with Crippen LogP contribution in [0.4, 0.5) is 0 Å². The highest BCUT2D eigenvalue weighted by molar-refractivity contribution is 5.71. The molecule has 0 saturated carbocycles. The smallest absolute Gasteiger partial charge is 0.306 e. The highest BCUT2D eigenvalue weighted by Crippen LogP contribution is 2.14. The summed E-state index contributed by atoms with van der Waals surface area (Å²) < 4.78 is 16.8. The Bertz CT molecular complexity index is 1630. The van der Waals surface area contributed by atoms with Crippen molar-refractivity contribution >= 4 is 17.9 Å². The van der Waals surface area contributed by atoms with Gasteiger partial charge in [0.05, 0.1) is 0 Å². The van der Waals surface area contributed by atoms with E-state index in [9.17, 15) is 14.4 Å². The molecule has 0 aromatic heterocycles. The van der Waals surface area contributed by atoms with Gasteiger partial charge in [0.15, 0.2) is 6.10 Å². The molecule has 1 unspecified atom stereocenters. The first kappa shape index (κ1) is 71.5. The summed E-state index contributed by atoms with van der Waals surface area (Å²) in [6, 6.07) is 0. The first-order valence-electron chi connectivity index (χ1n) is 31.2. The Morgan fingerprint density at radius 1 is 0.276 bits per heavy atom. The number of rotatable bonds is 55. The third-order valence-corrected chi connectivity index (χ3v) is 12.9. The maximum atomic E-state index is 12.8. The zero-order valence-electron chi connectivity index (χ0n) is 49.2. The molecule has 0 amide bonds. The predicted octanol–water partition coefficient (Wildman–Crippen LogP) is 21.4. The minimum atomic E-state index is -0.795. The summed E-state index contributed by atoms with van der Waals surface area (Å²) >= 11 is 0. The van der Waals surface area contributed by atoms with Crippen LogP contribution in [-0.2, 0) is 28.6 Å². The largest absolute Gasteiger partial charge is 0.462 e. The molecule has 0 aromatic rings. The molecule has 6 nitrogen and oxygen atoms in total. The van der Waals surface area contributed by atoms with Crippen molar-refractivity contribution in [3.63, 3.8) is 0 Å². The summed E-state index contributed by atoms with van der Waals surface area (Å²) in [7, 11) is 0. The van der Waals surface area contributed by atoms with Crippen LogP contribution in [-0.4, -0.2) is 37.2 Å². The highest BCUT2D eigenvalue weighted by Gasteiger charge is 2.19. The van der Waals surface area contributed by atoms with Gasteiger partial charge in [0.25, 0.3) is 0 Å². The molecular weight excluding hydrogens is 937 g/mol. The van der Waals surface area contributed by atoms with Crippen molar-refractivity contribution in [3.8, 4) is 0 Å². The predicted molar refractivity (Wildman–Crippen MR) is 329 cm³/mol. The Hall–Kier alpha value is -4.45. The molecular formula is C70H114O6. The number of allylic oxidation sites excluding steroid dienone is 22. The van der Waals surface area contributed by atoms with E-state index >= 15 is 0 Å². The minimum Gasteiger partial charge on any atom is -0.462 e. The lowest BCUT2D eigenvalue weighted by molar-refractivity contribution is -0.167. The molecule has 0 rings (SSSR count). The van der Waals surface area contributed by atoms with E-state index in [1.54, 1.807) is 0 Å². The summed E-state index contributed by atoms with van der Waals surface area (Å²) in [4.78, 5) is 38.1. The second kappa shape index (κ2) is 63.1. The van der Waals surface area contributed by atoms with Crippen LogP contribution in [0.3, 0.4) is 0 Å². The van der Waals surface area contributed by atoms with E-state index in [2.05, 4.69) is 154 Å². The van der Waals surface area contributed by atoms with Crippen LogP contribution < -0.4 is 0 Å². The van der Waals surface area contributed by atoms with Gasteiger partial charge in [-0.05, 0) is 128 Å². The number of ether oxygens (including phenoxy) is 3. The average Bonchev–Trinajstić information content (AvgIpc) is 3.42. The second-order valence-corrected chi connectivity index (χ2v) is 20.2. The van der Waals surface area contributed by atoms with Gasteiger partial charge in [-0.1, -0.05) is 257 Å². The zero-order chi connectivity index (χ0) is 55.0. The van der Waals surface area contributed by atoms with Gasteiger partial charge in [-0.15, -0.1) is 0 Å². The van der Waals surface area contributed by atoms with E-state index < -0.39 is 6.10 Å². The Morgan fingerprint density at radius 3 is 0.816 bits per heavy atom. The van der Waals surface area contributed by atoms with Crippen LogP contribution in [0.25, 0.3) is 0 Å². The molecule has 6 heteroatoms. The van der Waals surface area contributed by atoms with Crippen molar-refractivity contribution in [1.29, 1.82) is 0 Å². The van der Waals surface area contributed by atoms with E-state index in [4.69, 9.17) is 14.2 Å². The standard InChI is InChI=1S/C70H114O6/c1-4-7-10-13-16-19-22-24-26-27-28-29-30-31-32-33-34-35-36-37-38-39-40-41-42-43-44-46-48-51-54-57-60-63-69(72)75-66-67(65-74-68(71)62-59-56-53-50-47-21-18-15-12-9-6-3)76-70(73)64-61-58-55-52-49-45-25-23-20-17-14-11-8-5-2/h7,10,14-19,23-26,28-29,31-32,34-35,37-38,40-41,67H,4-6,8-9,11-13,20-22,27,30,33,36,39,42-66H2,1-3H3/b10-7-,17-14-,18-15-,19-16-,25-23-,26-24-,29-28-,32-31-,35-34-,38-37-,41-40-. The number of carbonyl (C=O) groups excluding carboxylic acids is 3. The van der Waals surface area contributed by atoms with Crippen molar-refractivity contribution < 1.29 is 28.6 Å². The first-order chi connectivity index (χ1) is 37.5. The zero-order valence-corrected chi connectivity index (χ0v) is 49.2. The van der Waals surface area contributed by atoms with E-state index in [1.807, 2.05) is 0 Å². The maximum Gasteiger partial charge on any atom is 0.306 e. The number of unbranched alkanes of at least 4 members (excludes halogenated alkanes) is 22. The molecule has 0 fully saturated rings. The van der Waals surface area contributed by atoms with Gasteiger partial charge in [0.1, 0.15) is 13.2 Å². The van der Waals surface area contributed by atoms with Crippen molar-refractivity contribution in [2.24, 2.45) is 0 Å². The van der Waals surface area contributed by atoms with Gasteiger partial charge in [-0.2, -0.15) is 0 Å². The number of hydrogen-bond donors (Lipinski definition) is 0. The monoisotopic (exact) mass is 1050 g/mol. The summed E-state index contributed by atoms with van der Waals surface area (Å²) in [5.41, 5.74) is 0. The number of carbonyl (C=O) groups is 3. The lowest BCUT2D eigenvalue weighted by Gasteiger charge is -2.18. The first-order valence-corrected chi connectivity index (χ1v) is 31.2. The lowest BCUT2D eigenvalue weighted by atomic mass is 10.1. The van der Waals surface area contributed by atoms with Crippen molar-refractivity contribution in [3.05, 3.63) is 134 Å². The molecule has 76 heavy (non-hydrogen) atoms. The fourth-order valence-corrected chi connectivity index (χ4v) is 8.16. The van der Waals surface area contributed by atoms with Crippen LogP contribution in [0.5, 0.6) is 0 Å². The molecule has 0 N–H and O–H groups in total. The Labute approximate surface area is 468 Å². The molecule has 1 atom stereocenters. The molecule has 430 valence electrons. The van der Waals surface area contributed by atoms with E-state index in [0.29, 0.717) is 19.3 Å². The van der Waals surface area contributed by atoms with Crippen molar-refractivity contribution in [2.75, 3.05) is 13.2 Å². The highest BCUT2D eigenvalue weighted by atomic mass is 16.6. The van der Waals surface area contributed by atoms with Gasteiger partial charge in [-0.3, -0.25) is 14.4 Å². The van der Waals surface area contributed by atoms with E-state index in [-0.39, 0.29) is 31.1 Å². The summed E-state index contributed by atoms with van der Waals surface area (Å²) in [5, 5.41) is 0. The molecule has 0 radical (unpaired) electrons. The normalized spacial score (nSPS) is 13.0. The SMILES string of the molecule is CC/C=C\C/C=C\C/C=C\C/C=C\C/C=C\C/C=C\C/C=C\C/C=C\CCCCCCCCCCC(=O)OCC(COC(=O)CCCCCCC/C=C\CCCC)OC(=O)CCCCCCC/C=C\C/C=C\CCCC. The molecule has 0 aliphatic carbocycles. The maximum absolute atomic E-state index is 12.8. The van der Waals surface area contributed by atoms with Crippen LogP contribution in [0.2, 0.25) is 0 Å². The molecule has 0 spiro atoms. The third-order valence-electron chi connectivity index (χ3n) is 12.9. The van der Waals surface area contributed by atoms with Crippen molar-refractivity contribution in [2.45, 2.75) is 277 Å².